The SMILES string of the molecule is COc1cc(NC(=O)c2ccc(-c3cccc(C)c3)[nH]c2=O)ccc1NS(C)(=O)=O. The quantitative estimate of drug-likeness (QED) is 0.559. The van der Waals surface area contributed by atoms with E-state index in [9.17, 15) is 18.0 Å². The van der Waals surface area contributed by atoms with Gasteiger partial charge in [0.1, 0.15) is 11.3 Å². The van der Waals surface area contributed by atoms with E-state index in [1.807, 2.05) is 31.2 Å². The lowest BCUT2D eigenvalue weighted by Gasteiger charge is -2.12. The molecule has 3 N–H and O–H groups in total. The van der Waals surface area contributed by atoms with E-state index in [0.29, 0.717) is 11.4 Å². The molecule has 156 valence electrons. The second kappa shape index (κ2) is 8.42. The number of carbonyl (C=O) groups is 1. The van der Waals surface area contributed by atoms with Gasteiger partial charge in [-0.1, -0.05) is 23.8 Å². The lowest BCUT2D eigenvalue weighted by molar-refractivity contribution is 0.102. The van der Waals surface area contributed by atoms with Gasteiger partial charge in [-0.05, 0) is 42.8 Å². The number of amides is 1. The van der Waals surface area contributed by atoms with E-state index >= 15 is 0 Å². The number of rotatable bonds is 6. The van der Waals surface area contributed by atoms with Crippen molar-refractivity contribution in [3.63, 3.8) is 0 Å². The molecule has 0 unspecified atom stereocenters. The molecule has 8 nitrogen and oxygen atoms in total. The maximum atomic E-state index is 12.6. The standard InChI is InChI=1S/C21H21N3O5S/c1-13-5-4-6-14(11-13)17-10-8-16(21(26)23-17)20(25)22-15-7-9-18(19(12-15)29-2)24-30(3,27)28/h4-12,24H,1-3H3,(H,22,25)(H,23,26). The van der Waals surface area contributed by atoms with Crippen molar-refractivity contribution < 1.29 is 17.9 Å². The van der Waals surface area contributed by atoms with Crippen molar-refractivity contribution in [1.82, 2.24) is 4.98 Å². The first-order valence-corrected chi connectivity index (χ1v) is 10.8. The molecule has 2 aromatic carbocycles. The smallest absolute Gasteiger partial charge is 0.261 e. The van der Waals surface area contributed by atoms with Crippen LogP contribution in [0.1, 0.15) is 15.9 Å². The second-order valence-corrected chi connectivity index (χ2v) is 8.48. The molecule has 0 aliphatic heterocycles. The minimum Gasteiger partial charge on any atom is -0.494 e. The minimum absolute atomic E-state index is 0.0521. The molecule has 9 heteroatoms. The fourth-order valence-corrected chi connectivity index (χ4v) is 3.45. The number of sulfonamides is 1. The number of pyridine rings is 1. The summed E-state index contributed by atoms with van der Waals surface area (Å²) in [5, 5.41) is 2.62. The van der Waals surface area contributed by atoms with Crippen LogP contribution in [0.15, 0.2) is 59.4 Å². The highest BCUT2D eigenvalue weighted by Crippen LogP contribution is 2.28. The van der Waals surface area contributed by atoms with E-state index in [0.717, 1.165) is 17.4 Å². The molecule has 0 aliphatic carbocycles. The molecule has 0 saturated carbocycles. The van der Waals surface area contributed by atoms with Gasteiger partial charge in [-0.15, -0.1) is 0 Å². The number of methoxy groups -OCH3 is 1. The van der Waals surface area contributed by atoms with Crippen molar-refractivity contribution >= 4 is 27.3 Å². The Morgan fingerprint density at radius 1 is 1.07 bits per heavy atom. The maximum Gasteiger partial charge on any atom is 0.261 e. The molecule has 1 amide bonds. The van der Waals surface area contributed by atoms with Crippen LogP contribution in [0.4, 0.5) is 11.4 Å². The Hall–Kier alpha value is -3.59. The van der Waals surface area contributed by atoms with Crippen LogP contribution in [0.2, 0.25) is 0 Å². The van der Waals surface area contributed by atoms with Gasteiger partial charge in [-0.2, -0.15) is 0 Å². The highest BCUT2D eigenvalue weighted by molar-refractivity contribution is 7.92. The van der Waals surface area contributed by atoms with Gasteiger partial charge >= 0.3 is 0 Å². The van der Waals surface area contributed by atoms with Crippen LogP contribution in [0.25, 0.3) is 11.3 Å². The van der Waals surface area contributed by atoms with E-state index < -0.39 is 21.5 Å². The summed E-state index contributed by atoms with van der Waals surface area (Å²) in [6.07, 6.45) is 1.02. The van der Waals surface area contributed by atoms with Gasteiger partial charge in [-0.25, -0.2) is 8.42 Å². The van der Waals surface area contributed by atoms with Crippen LogP contribution in [-0.2, 0) is 10.0 Å². The summed E-state index contributed by atoms with van der Waals surface area (Å²) in [6.45, 7) is 1.95. The number of ether oxygens (including phenoxy) is 1. The summed E-state index contributed by atoms with van der Waals surface area (Å²) < 4.78 is 30.4. The summed E-state index contributed by atoms with van der Waals surface area (Å²) in [7, 11) is -2.11. The van der Waals surface area contributed by atoms with Crippen molar-refractivity contribution in [3.8, 4) is 17.0 Å². The Balaban J connectivity index is 1.83. The molecule has 0 saturated heterocycles. The summed E-state index contributed by atoms with van der Waals surface area (Å²) >= 11 is 0. The van der Waals surface area contributed by atoms with Gasteiger partial charge in [-0.3, -0.25) is 14.3 Å². The first-order valence-electron chi connectivity index (χ1n) is 8.94. The minimum atomic E-state index is -3.49. The van der Waals surface area contributed by atoms with Crippen molar-refractivity contribution in [3.05, 3.63) is 76.1 Å². The van der Waals surface area contributed by atoms with E-state index in [1.54, 1.807) is 6.07 Å². The lowest BCUT2D eigenvalue weighted by Crippen LogP contribution is -2.23. The van der Waals surface area contributed by atoms with Crippen molar-refractivity contribution in [2.75, 3.05) is 23.4 Å². The lowest BCUT2D eigenvalue weighted by atomic mass is 10.1. The molecular weight excluding hydrogens is 406 g/mol. The molecule has 0 aliphatic rings. The molecule has 0 atom stereocenters. The summed E-state index contributed by atoms with van der Waals surface area (Å²) in [5.74, 6) is -0.375. The third kappa shape index (κ3) is 5.06. The number of carbonyl (C=O) groups excluding carboxylic acids is 1. The first kappa shape index (κ1) is 21.1. The monoisotopic (exact) mass is 427 g/mol. The predicted molar refractivity (Wildman–Crippen MR) is 117 cm³/mol. The molecule has 0 spiro atoms. The van der Waals surface area contributed by atoms with Gasteiger partial charge < -0.3 is 15.0 Å². The fraction of sp³-hybridized carbons (Fsp3) is 0.143. The Bertz CT molecular complexity index is 1270. The van der Waals surface area contributed by atoms with Gasteiger partial charge in [0.2, 0.25) is 10.0 Å². The molecule has 0 radical (unpaired) electrons. The molecule has 0 fully saturated rings. The average molecular weight is 427 g/mol. The Kier molecular flexibility index (Phi) is 5.93. The zero-order valence-electron chi connectivity index (χ0n) is 16.6. The Morgan fingerprint density at radius 2 is 1.83 bits per heavy atom. The van der Waals surface area contributed by atoms with Crippen LogP contribution >= 0.6 is 0 Å². The highest BCUT2D eigenvalue weighted by atomic mass is 32.2. The molecule has 3 aromatic rings. The van der Waals surface area contributed by atoms with E-state index in [4.69, 9.17) is 4.74 Å². The van der Waals surface area contributed by atoms with E-state index in [-0.39, 0.29) is 17.0 Å². The van der Waals surface area contributed by atoms with Crippen LogP contribution < -0.4 is 20.3 Å². The number of aromatic amines is 1. The summed E-state index contributed by atoms with van der Waals surface area (Å²) in [6, 6.07) is 15.2. The van der Waals surface area contributed by atoms with Gasteiger partial charge in [0, 0.05) is 17.4 Å². The molecule has 1 heterocycles. The number of aromatic nitrogens is 1. The largest absolute Gasteiger partial charge is 0.494 e. The van der Waals surface area contributed by atoms with Gasteiger partial charge in [0.15, 0.2) is 0 Å². The third-order valence-electron chi connectivity index (χ3n) is 4.24. The highest BCUT2D eigenvalue weighted by Gasteiger charge is 2.14. The average Bonchev–Trinajstić information content (AvgIpc) is 2.67. The first-order chi connectivity index (χ1) is 14.2. The van der Waals surface area contributed by atoms with Crippen LogP contribution in [0, 0.1) is 6.92 Å². The number of hydrogen-bond acceptors (Lipinski definition) is 5. The van der Waals surface area contributed by atoms with Crippen molar-refractivity contribution in [1.29, 1.82) is 0 Å². The zero-order valence-corrected chi connectivity index (χ0v) is 17.5. The van der Waals surface area contributed by atoms with Gasteiger partial charge in [0.25, 0.3) is 11.5 Å². The van der Waals surface area contributed by atoms with E-state index in [2.05, 4.69) is 15.0 Å². The molecule has 1 aromatic heterocycles. The normalized spacial score (nSPS) is 11.0. The second-order valence-electron chi connectivity index (χ2n) is 6.73. The summed E-state index contributed by atoms with van der Waals surface area (Å²) in [5.41, 5.74) is 2.52. The fourth-order valence-electron chi connectivity index (χ4n) is 2.88. The number of nitrogens with one attached hydrogen (secondary N) is 3. The molecule has 3 rings (SSSR count). The third-order valence-corrected chi connectivity index (χ3v) is 4.83. The number of aryl methyl sites for hydroxylation is 1. The number of benzene rings is 2. The topological polar surface area (TPSA) is 117 Å². The Morgan fingerprint density at radius 3 is 2.47 bits per heavy atom. The Labute approximate surface area is 174 Å². The number of hydrogen-bond donors (Lipinski definition) is 3. The number of H-pyrrole nitrogens is 1. The van der Waals surface area contributed by atoms with Gasteiger partial charge in [0.05, 0.1) is 19.1 Å². The molecule has 0 bridgehead atoms. The van der Waals surface area contributed by atoms with Crippen LogP contribution in [-0.4, -0.2) is 32.7 Å². The summed E-state index contributed by atoms with van der Waals surface area (Å²) in [4.78, 5) is 27.7. The molecular formula is C21H21N3O5S. The van der Waals surface area contributed by atoms with E-state index in [1.165, 1.54) is 31.4 Å². The van der Waals surface area contributed by atoms with Crippen LogP contribution in [0.5, 0.6) is 5.75 Å². The van der Waals surface area contributed by atoms with Crippen molar-refractivity contribution in [2.24, 2.45) is 0 Å². The zero-order chi connectivity index (χ0) is 21.9. The van der Waals surface area contributed by atoms with Crippen LogP contribution in [0.3, 0.4) is 0 Å². The predicted octanol–water partition coefficient (Wildman–Crippen LogP) is 2.98. The maximum absolute atomic E-state index is 12.6. The van der Waals surface area contributed by atoms with Crippen molar-refractivity contribution in [2.45, 2.75) is 6.92 Å². The molecule has 30 heavy (non-hydrogen) atoms. The number of anilines is 2.